The van der Waals surface area contributed by atoms with Gasteiger partial charge in [-0.1, -0.05) is 0 Å². The molecule has 2 aliphatic rings. The molecule has 2 N–H and O–H groups in total. The van der Waals surface area contributed by atoms with Crippen molar-refractivity contribution in [2.75, 3.05) is 19.8 Å². The number of carboxylic acid groups (broad SMARTS) is 1. The van der Waals surface area contributed by atoms with Gasteiger partial charge in [0, 0.05) is 26.2 Å². The fraction of sp³-hybridized carbons (Fsp3) is 0.900. The quantitative estimate of drug-likeness (QED) is 0.688. The Balaban J connectivity index is 2.20. The SMILES string of the molecule is O=C(O)C1CC(O)CN1S(=O)(=O)C1CCOCC1. The van der Waals surface area contributed by atoms with Crippen molar-refractivity contribution in [3.63, 3.8) is 0 Å². The van der Waals surface area contributed by atoms with Crippen LogP contribution in [0.5, 0.6) is 0 Å². The summed E-state index contributed by atoms with van der Waals surface area (Å²) in [4.78, 5) is 11.0. The number of carboxylic acids is 1. The Labute approximate surface area is 105 Å². The molecule has 0 aromatic heterocycles. The molecule has 2 heterocycles. The number of ether oxygens (including phenoxy) is 1. The second-order valence-corrected chi connectivity index (χ2v) is 6.84. The number of aliphatic hydroxyl groups is 1. The maximum Gasteiger partial charge on any atom is 0.322 e. The van der Waals surface area contributed by atoms with E-state index in [9.17, 15) is 18.3 Å². The van der Waals surface area contributed by atoms with Gasteiger partial charge in [-0.15, -0.1) is 0 Å². The smallest absolute Gasteiger partial charge is 0.322 e. The highest BCUT2D eigenvalue weighted by Crippen LogP contribution is 2.27. The molecular formula is C10H17NO6S. The average molecular weight is 279 g/mol. The fourth-order valence-corrected chi connectivity index (χ4v) is 4.54. The van der Waals surface area contributed by atoms with Crippen LogP contribution >= 0.6 is 0 Å². The van der Waals surface area contributed by atoms with E-state index in [0.29, 0.717) is 26.1 Å². The van der Waals surface area contributed by atoms with Crippen molar-refractivity contribution in [2.24, 2.45) is 0 Å². The molecule has 0 radical (unpaired) electrons. The molecule has 2 rings (SSSR count). The summed E-state index contributed by atoms with van der Waals surface area (Å²) in [5, 5.41) is 17.9. The molecule has 8 heteroatoms. The van der Waals surface area contributed by atoms with E-state index < -0.39 is 33.4 Å². The molecule has 0 saturated carbocycles. The molecule has 0 aromatic carbocycles. The van der Waals surface area contributed by atoms with Gasteiger partial charge in [-0.25, -0.2) is 8.42 Å². The van der Waals surface area contributed by atoms with Crippen molar-refractivity contribution in [3.8, 4) is 0 Å². The number of sulfonamides is 1. The van der Waals surface area contributed by atoms with Gasteiger partial charge in [0.15, 0.2) is 0 Å². The third kappa shape index (κ3) is 2.51. The summed E-state index contributed by atoms with van der Waals surface area (Å²) >= 11 is 0. The molecule has 0 amide bonds. The van der Waals surface area contributed by atoms with E-state index in [-0.39, 0.29) is 13.0 Å². The van der Waals surface area contributed by atoms with Crippen LogP contribution in [0.2, 0.25) is 0 Å². The first kappa shape index (κ1) is 13.7. The number of β-amino-alcohol motifs (C(OH)–C–C–N with tert-alkyl or cyclic N) is 1. The minimum Gasteiger partial charge on any atom is -0.480 e. The van der Waals surface area contributed by atoms with Gasteiger partial charge in [-0.3, -0.25) is 4.79 Å². The first-order valence-corrected chi connectivity index (χ1v) is 7.42. The number of aliphatic hydroxyl groups excluding tert-OH is 1. The van der Waals surface area contributed by atoms with Crippen molar-refractivity contribution < 1.29 is 28.2 Å². The van der Waals surface area contributed by atoms with Crippen LogP contribution in [0.1, 0.15) is 19.3 Å². The molecule has 2 aliphatic heterocycles. The van der Waals surface area contributed by atoms with Crippen LogP contribution in [0.4, 0.5) is 0 Å². The molecule has 0 spiro atoms. The van der Waals surface area contributed by atoms with Gasteiger partial charge in [0.25, 0.3) is 0 Å². The lowest BCUT2D eigenvalue weighted by molar-refractivity contribution is -0.140. The van der Waals surface area contributed by atoms with Crippen LogP contribution in [0, 0.1) is 0 Å². The van der Waals surface area contributed by atoms with Crippen LogP contribution in [-0.4, -0.2) is 66.1 Å². The maximum absolute atomic E-state index is 12.3. The van der Waals surface area contributed by atoms with E-state index in [0.717, 1.165) is 4.31 Å². The first-order valence-electron chi connectivity index (χ1n) is 5.92. The normalized spacial score (nSPS) is 31.6. The molecule has 0 bridgehead atoms. The second kappa shape index (κ2) is 5.12. The summed E-state index contributed by atoms with van der Waals surface area (Å²) in [5.41, 5.74) is 0. The van der Waals surface area contributed by atoms with Crippen molar-refractivity contribution >= 4 is 16.0 Å². The highest BCUT2D eigenvalue weighted by atomic mass is 32.2. The minimum absolute atomic E-state index is 0.0439. The van der Waals surface area contributed by atoms with Gasteiger partial charge in [-0.05, 0) is 12.8 Å². The lowest BCUT2D eigenvalue weighted by atomic mass is 10.2. The summed E-state index contributed by atoms with van der Waals surface area (Å²) < 4.78 is 30.7. The molecule has 2 unspecified atom stereocenters. The van der Waals surface area contributed by atoms with E-state index in [4.69, 9.17) is 9.84 Å². The highest BCUT2D eigenvalue weighted by Gasteiger charge is 2.45. The largest absolute Gasteiger partial charge is 0.480 e. The zero-order valence-electron chi connectivity index (χ0n) is 9.86. The highest BCUT2D eigenvalue weighted by molar-refractivity contribution is 7.89. The van der Waals surface area contributed by atoms with Gasteiger partial charge < -0.3 is 14.9 Å². The third-order valence-corrected chi connectivity index (χ3v) is 5.81. The molecule has 7 nitrogen and oxygen atoms in total. The lowest BCUT2D eigenvalue weighted by Crippen LogP contribution is -2.46. The Morgan fingerprint density at radius 3 is 2.44 bits per heavy atom. The Hall–Kier alpha value is -0.700. The van der Waals surface area contributed by atoms with Crippen LogP contribution in [-0.2, 0) is 19.6 Å². The summed E-state index contributed by atoms with van der Waals surface area (Å²) in [6.07, 6.45) is -0.193. The van der Waals surface area contributed by atoms with Gasteiger partial charge in [-0.2, -0.15) is 4.31 Å². The van der Waals surface area contributed by atoms with Crippen molar-refractivity contribution in [3.05, 3.63) is 0 Å². The standard InChI is InChI=1S/C10H17NO6S/c12-7-5-9(10(13)14)11(6-7)18(15,16)8-1-3-17-4-2-8/h7-9,12H,1-6H2,(H,13,14). The molecule has 2 saturated heterocycles. The average Bonchev–Trinajstić information content (AvgIpc) is 2.73. The fourth-order valence-electron chi connectivity index (χ4n) is 2.46. The van der Waals surface area contributed by atoms with Crippen LogP contribution < -0.4 is 0 Å². The topological polar surface area (TPSA) is 104 Å². The predicted octanol–water partition coefficient (Wildman–Crippen LogP) is -0.985. The molecular weight excluding hydrogens is 262 g/mol. The van der Waals surface area contributed by atoms with Gasteiger partial charge in [0.05, 0.1) is 11.4 Å². The number of aliphatic carboxylic acids is 1. The molecule has 0 aromatic rings. The van der Waals surface area contributed by atoms with E-state index in [1.807, 2.05) is 0 Å². The Kier molecular flexibility index (Phi) is 3.90. The number of carbonyl (C=O) groups is 1. The van der Waals surface area contributed by atoms with E-state index in [2.05, 4.69) is 0 Å². The first-order chi connectivity index (χ1) is 8.43. The summed E-state index contributed by atoms with van der Waals surface area (Å²) in [5.74, 6) is -1.21. The molecule has 18 heavy (non-hydrogen) atoms. The van der Waals surface area contributed by atoms with E-state index in [1.54, 1.807) is 0 Å². The number of nitrogens with zero attached hydrogens (tertiary/aromatic N) is 1. The second-order valence-electron chi connectivity index (χ2n) is 4.67. The number of rotatable bonds is 3. The van der Waals surface area contributed by atoms with Crippen LogP contribution in [0.25, 0.3) is 0 Å². The summed E-state index contributed by atoms with van der Waals surface area (Å²) in [7, 11) is -3.68. The predicted molar refractivity (Wildman–Crippen MR) is 61.5 cm³/mol. The Morgan fingerprint density at radius 2 is 1.89 bits per heavy atom. The maximum atomic E-state index is 12.3. The van der Waals surface area contributed by atoms with E-state index >= 15 is 0 Å². The van der Waals surface area contributed by atoms with E-state index in [1.165, 1.54) is 0 Å². The Bertz CT molecular complexity index is 416. The zero-order chi connectivity index (χ0) is 13.3. The minimum atomic E-state index is -3.68. The van der Waals surface area contributed by atoms with Crippen molar-refractivity contribution in [1.82, 2.24) is 4.31 Å². The summed E-state index contributed by atoms with van der Waals surface area (Å²) in [6, 6.07) is -1.15. The zero-order valence-corrected chi connectivity index (χ0v) is 10.7. The number of hydrogen-bond acceptors (Lipinski definition) is 5. The summed E-state index contributed by atoms with van der Waals surface area (Å²) in [6.45, 7) is 0.618. The molecule has 2 atom stereocenters. The third-order valence-electron chi connectivity index (χ3n) is 3.44. The molecule has 0 aliphatic carbocycles. The van der Waals surface area contributed by atoms with Crippen molar-refractivity contribution in [1.29, 1.82) is 0 Å². The number of hydrogen-bond donors (Lipinski definition) is 2. The lowest BCUT2D eigenvalue weighted by Gasteiger charge is -2.29. The monoisotopic (exact) mass is 279 g/mol. The van der Waals surface area contributed by atoms with Crippen LogP contribution in [0.3, 0.4) is 0 Å². The van der Waals surface area contributed by atoms with Gasteiger partial charge in [0.1, 0.15) is 6.04 Å². The Morgan fingerprint density at radius 1 is 1.28 bits per heavy atom. The van der Waals surface area contributed by atoms with Gasteiger partial charge >= 0.3 is 5.97 Å². The van der Waals surface area contributed by atoms with Crippen LogP contribution in [0.15, 0.2) is 0 Å². The van der Waals surface area contributed by atoms with Crippen molar-refractivity contribution in [2.45, 2.75) is 36.7 Å². The molecule has 104 valence electrons. The van der Waals surface area contributed by atoms with Gasteiger partial charge in [0.2, 0.25) is 10.0 Å². The molecule has 2 fully saturated rings.